The Morgan fingerprint density at radius 3 is 2.50 bits per heavy atom. The highest BCUT2D eigenvalue weighted by atomic mass is 19.1. The maximum atomic E-state index is 13.7. The summed E-state index contributed by atoms with van der Waals surface area (Å²) < 4.78 is 13.7. The number of aliphatic hydroxyl groups is 1. The average Bonchev–Trinajstić information content (AvgIpc) is 2.32. The standard InChI is InChI=1S/C16H17FO/c1-11-7-8-14(15(17)9-11)16(18)10-13-6-4-3-5-12(13)2/h3-9,16,18H,10H2,1-2H3. The second-order valence-electron chi connectivity index (χ2n) is 4.67. The number of halogens is 1. The van der Waals surface area contributed by atoms with Crippen LogP contribution in [-0.2, 0) is 6.42 Å². The van der Waals surface area contributed by atoms with Crippen molar-refractivity contribution in [2.45, 2.75) is 26.4 Å². The van der Waals surface area contributed by atoms with E-state index in [2.05, 4.69) is 0 Å². The first-order chi connectivity index (χ1) is 8.58. The van der Waals surface area contributed by atoms with E-state index in [0.29, 0.717) is 12.0 Å². The van der Waals surface area contributed by atoms with Crippen molar-refractivity contribution in [3.8, 4) is 0 Å². The van der Waals surface area contributed by atoms with Gasteiger partial charge < -0.3 is 5.11 Å². The lowest BCUT2D eigenvalue weighted by Crippen LogP contribution is -2.05. The molecule has 2 aromatic rings. The number of hydrogen-bond donors (Lipinski definition) is 1. The van der Waals surface area contributed by atoms with Crippen LogP contribution in [0.5, 0.6) is 0 Å². The number of rotatable bonds is 3. The van der Waals surface area contributed by atoms with Crippen molar-refractivity contribution in [1.29, 1.82) is 0 Å². The molecule has 0 aromatic heterocycles. The monoisotopic (exact) mass is 244 g/mol. The first-order valence-electron chi connectivity index (χ1n) is 6.06. The van der Waals surface area contributed by atoms with Crippen molar-refractivity contribution in [3.63, 3.8) is 0 Å². The van der Waals surface area contributed by atoms with E-state index < -0.39 is 6.10 Å². The third kappa shape index (κ3) is 2.77. The van der Waals surface area contributed by atoms with E-state index in [0.717, 1.165) is 16.7 Å². The van der Waals surface area contributed by atoms with Gasteiger partial charge in [0.15, 0.2) is 0 Å². The van der Waals surface area contributed by atoms with E-state index in [1.807, 2.05) is 44.2 Å². The molecule has 0 spiro atoms. The Bertz CT molecular complexity index is 549. The van der Waals surface area contributed by atoms with E-state index in [-0.39, 0.29) is 5.82 Å². The highest BCUT2D eigenvalue weighted by Gasteiger charge is 2.14. The van der Waals surface area contributed by atoms with Crippen molar-refractivity contribution < 1.29 is 9.50 Å². The van der Waals surface area contributed by atoms with E-state index in [4.69, 9.17) is 0 Å². The number of aryl methyl sites for hydroxylation is 2. The van der Waals surface area contributed by atoms with Crippen molar-refractivity contribution in [3.05, 3.63) is 70.5 Å². The number of hydrogen-bond acceptors (Lipinski definition) is 1. The smallest absolute Gasteiger partial charge is 0.129 e. The zero-order valence-electron chi connectivity index (χ0n) is 10.7. The number of aliphatic hydroxyl groups excluding tert-OH is 1. The molecule has 0 aliphatic rings. The molecule has 1 N–H and O–H groups in total. The van der Waals surface area contributed by atoms with Crippen molar-refractivity contribution in [2.75, 3.05) is 0 Å². The Morgan fingerprint density at radius 1 is 1.11 bits per heavy atom. The quantitative estimate of drug-likeness (QED) is 0.872. The van der Waals surface area contributed by atoms with Gasteiger partial charge in [0.05, 0.1) is 6.10 Å². The summed E-state index contributed by atoms with van der Waals surface area (Å²) in [5, 5.41) is 10.1. The van der Waals surface area contributed by atoms with Crippen molar-refractivity contribution >= 4 is 0 Å². The first kappa shape index (κ1) is 12.8. The zero-order valence-corrected chi connectivity index (χ0v) is 10.7. The first-order valence-corrected chi connectivity index (χ1v) is 6.06. The third-order valence-electron chi connectivity index (χ3n) is 3.19. The fourth-order valence-electron chi connectivity index (χ4n) is 2.06. The van der Waals surface area contributed by atoms with Crippen LogP contribution in [0.25, 0.3) is 0 Å². The second kappa shape index (κ2) is 5.32. The molecule has 0 aliphatic heterocycles. The molecule has 0 fully saturated rings. The summed E-state index contributed by atoms with van der Waals surface area (Å²) in [5.74, 6) is -0.337. The average molecular weight is 244 g/mol. The molecule has 0 aliphatic carbocycles. The van der Waals surface area contributed by atoms with E-state index in [1.165, 1.54) is 6.07 Å². The van der Waals surface area contributed by atoms with Gasteiger partial charge in [0, 0.05) is 12.0 Å². The van der Waals surface area contributed by atoms with E-state index >= 15 is 0 Å². The molecule has 1 atom stereocenters. The normalized spacial score (nSPS) is 12.4. The highest BCUT2D eigenvalue weighted by molar-refractivity contribution is 5.30. The Balaban J connectivity index is 2.22. The summed E-state index contributed by atoms with van der Waals surface area (Å²) in [6.07, 6.45) is -0.362. The predicted molar refractivity (Wildman–Crippen MR) is 71.0 cm³/mol. The van der Waals surface area contributed by atoms with Crippen LogP contribution in [0.4, 0.5) is 4.39 Å². The molecule has 94 valence electrons. The maximum Gasteiger partial charge on any atom is 0.129 e. The van der Waals surface area contributed by atoms with Crippen LogP contribution in [0.1, 0.15) is 28.4 Å². The molecule has 18 heavy (non-hydrogen) atoms. The lowest BCUT2D eigenvalue weighted by Gasteiger charge is -2.14. The topological polar surface area (TPSA) is 20.2 Å². The minimum atomic E-state index is -0.799. The highest BCUT2D eigenvalue weighted by Crippen LogP contribution is 2.23. The molecular formula is C16H17FO. The Morgan fingerprint density at radius 2 is 1.83 bits per heavy atom. The summed E-state index contributed by atoms with van der Waals surface area (Å²) in [6.45, 7) is 3.83. The molecule has 0 heterocycles. The molecule has 0 bridgehead atoms. The van der Waals surface area contributed by atoms with E-state index in [9.17, 15) is 9.50 Å². The van der Waals surface area contributed by atoms with Gasteiger partial charge in [0.2, 0.25) is 0 Å². The molecule has 2 rings (SSSR count). The molecular weight excluding hydrogens is 227 g/mol. The Hall–Kier alpha value is -1.67. The van der Waals surface area contributed by atoms with Gasteiger partial charge >= 0.3 is 0 Å². The summed E-state index contributed by atoms with van der Waals surface area (Å²) in [7, 11) is 0. The zero-order chi connectivity index (χ0) is 13.1. The molecule has 0 amide bonds. The van der Waals surface area contributed by atoms with Crippen LogP contribution in [0.2, 0.25) is 0 Å². The van der Waals surface area contributed by atoms with E-state index in [1.54, 1.807) is 6.07 Å². The summed E-state index contributed by atoms with van der Waals surface area (Å²) in [5.41, 5.74) is 3.39. The third-order valence-corrected chi connectivity index (χ3v) is 3.19. The van der Waals surface area contributed by atoms with Crippen LogP contribution in [0.3, 0.4) is 0 Å². The largest absolute Gasteiger partial charge is 0.388 e. The van der Waals surface area contributed by atoms with Crippen molar-refractivity contribution in [2.24, 2.45) is 0 Å². The van der Waals surface area contributed by atoms with Crippen LogP contribution >= 0.6 is 0 Å². The maximum absolute atomic E-state index is 13.7. The van der Waals surface area contributed by atoms with Gasteiger partial charge in [-0.1, -0.05) is 36.4 Å². The van der Waals surface area contributed by atoms with Gasteiger partial charge in [-0.15, -0.1) is 0 Å². The van der Waals surface area contributed by atoms with Gasteiger partial charge in [0.25, 0.3) is 0 Å². The molecule has 1 unspecified atom stereocenters. The SMILES string of the molecule is Cc1ccc(C(O)Cc2ccccc2C)c(F)c1. The van der Waals surface area contributed by atoms with Gasteiger partial charge in [-0.3, -0.25) is 0 Å². The molecule has 0 saturated heterocycles. The Labute approximate surface area is 107 Å². The van der Waals surface area contributed by atoms with Crippen molar-refractivity contribution in [1.82, 2.24) is 0 Å². The molecule has 0 radical (unpaired) electrons. The molecule has 2 heteroatoms. The van der Waals surface area contributed by atoms with Gasteiger partial charge in [-0.25, -0.2) is 4.39 Å². The van der Waals surface area contributed by atoms with Gasteiger partial charge in [-0.05, 0) is 36.6 Å². The summed E-state index contributed by atoms with van der Waals surface area (Å²) >= 11 is 0. The van der Waals surface area contributed by atoms with Gasteiger partial charge in [0.1, 0.15) is 5.82 Å². The molecule has 0 saturated carbocycles. The van der Waals surface area contributed by atoms with Crippen LogP contribution in [0.15, 0.2) is 42.5 Å². The minimum Gasteiger partial charge on any atom is -0.388 e. The minimum absolute atomic E-state index is 0.337. The van der Waals surface area contributed by atoms with Crippen LogP contribution in [-0.4, -0.2) is 5.11 Å². The van der Waals surface area contributed by atoms with Crippen LogP contribution < -0.4 is 0 Å². The number of benzene rings is 2. The van der Waals surface area contributed by atoms with Gasteiger partial charge in [-0.2, -0.15) is 0 Å². The Kier molecular flexibility index (Phi) is 3.78. The lowest BCUT2D eigenvalue weighted by atomic mass is 9.97. The second-order valence-corrected chi connectivity index (χ2v) is 4.67. The fraction of sp³-hybridized carbons (Fsp3) is 0.250. The lowest BCUT2D eigenvalue weighted by molar-refractivity contribution is 0.173. The van der Waals surface area contributed by atoms with Crippen LogP contribution in [0, 0.1) is 19.7 Å². The predicted octanol–water partition coefficient (Wildman–Crippen LogP) is 3.72. The molecule has 1 nitrogen and oxygen atoms in total. The fourth-order valence-corrected chi connectivity index (χ4v) is 2.06. The summed E-state index contributed by atoms with van der Waals surface area (Å²) in [4.78, 5) is 0. The summed E-state index contributed by atoms with van der Waals surface area (Å²) in [6, 6.07) is 12.8. The molecule has 2 aromatic carbocycles.